The van der Waals surface area contributed by atoms with E-state index in [2.05, 4.69) is 54.0 Å². The van der Waals surface area contributed by atoms with Crippen LogP contribution in [0.5, 0.6) is 0 Å². The molecule has 1 aromatic carbocycles. The lowest BCUT2D eigenvalue weighted by molar-refractivity contribution is -0.663. The lowest BCUT2D eigenvalue weighted by Crippen LogP contribution is -2.33. The molecular weight excluding hydrogens is 256 g/mol. The summed E-state index contributed by atoms with van der Waals surface area (Å²) in [5, 5.41) is 0. The Balaban J connectivity index is 1.97. The summed E-state index contributed by atoms with van der Waals surface area (Å²) in [5.41, 5.74) is 5.42. The van der Waals surface area contributed by atoms with E-state index >= 15 is 0 Å². The third-order valence-electron chi connectivity index (χ3n) is 4.76. The van der Waals surface area contributed by atoms with Crippen molar-refractivity contribution in [2.45, 2.75) is 45.4 Å². The molecule has 1 aliphatic rings. The molecule has 0 unspecified atom stereocenters. The van der Waals surface area contributed by atoms with Crippen molar-refractivity contribution in [3.63, 3.8) is 0 Å². The molecule has 21 heavy (non-hydrogen) atoms. The van der Waals surface area contributed by atoms with Gasteiger partial charge in [-0.05, 0) is 24.8 Å². The topological polar surface area (TPSA) is 16.8 Å². The van der Waals surface area contributed by atoms with E-state index < -0.39 is 0 Å². The van der Waals surface area contributed by atoms with Crippen molar-refractivity contribution in [3.8, 4) is 11.3 Å². The van der Waals surface area contributed by atoms with E-state index in [1.807, 2.05) is 6.33 Å². The molecule has 0 aliphatic heterocycles. The standard InChI is InChI=1S/C19H25N2/c1-15-8-6-7-11-18(15)19-17(13-20-14-21(19)2)12-16-9-4-3-5-10-16/h6-8,11,13-14,16H,3-5,9-10,12H2,1-2H3/q+1. The van der Waals surface area contributed by atoms with Crippen LogP contribution in [0.25, 0.3) is 11.3 Å². The maximum Gasteiger partial charge on any atom is 0.286 e. The predicted octanol–water partition coefficient (Wildman–Crippen LogP) is 4.00. The molecule has 0 amide bonds. The van der Waals surface area contributed by atoms with Gasteiger partial charge in [-0.2, -0.15) is 0 Å². The lowest BCUT2D eigenvalue weighted by atomic mass is 9.84. The summed E-state index contributed by atoms with van der Waals surface area (Å²) in [4.78, 5) is 4.43. The van der Waals surface area contributed by atoms with Crippen molar-refractivity contribution in [1.29, 1.82) is 0 Å². The van der Waals surface area contributed by atoms with E-state index in [0.29, 0.717) is 0 Å². The highest BCUT2D eigenvalue weighted by Gasteiger charge is 2.21. The minimum atomic E-state index is 0.839. The Morgan fingerprint density at radius 2 is 1.90 bits per heavy atom. The van der Waals surface area contributed by atoms with Crippen LogP contribution < -0.4 is 4.57 Å². The smallest absolute Gasteiger partial charge is 0.232 e. The average molecular weight is 281 g/mol. The fraction of sp³-hybridized carbons (Fsp3) is 0.474. The number of aromatic nitrogens is 2. The Morgan fingerprint density at radius 3 is 2.67 bits per heavy atom. The zero-order valence-electron chi connectivity index (χ0n) is 13.2. The summed E-state index contributed by atoms with van der Waals surface area (Å²) < 4.78 is 2.18. The summed E-state index contributed by atoms with van der Waals surface area (Å²) in [6.45, 7) is 2.19. The minimum Gasteiger partial charge on any atom is -0.232 e. The number of aryl methyl sites for hydroxylation is 2. The first kappa shape index (κ1) is 14.2. The predicted molar refractivity (Wildman–Crippen MR) is 85.9 cm³/mol. The maximum absolute atomic E-state index is 4.43. The molecule has 1 aliphatic carbocycles. The van der Waals surface area contributed by atoms with Crippen LogP contribution in [0.4, 0.5) is 0 Å². The quantitative estimate of drug-likeness (QED) is 0.777. The van der Waals surface area contributed by atoms with Gasteiger partial charge in [-0.25, -0.2) is 4.57 Å². The molecule has 110 valence electrons. The molecule has 2 heteroatoms. The van der Waals surface area contributed by atoms with Crippen molar-refractivity contribution in [2.24, 2.45) is 13.0 Å². The Labute approximate surface area is 127 Å². The van der Waals surface area contributed by atoms with Crippen LogP contribution in [0.15, 0.2) is 36.8 Å². The van der Waals surface area contributed by atoms with Gasteiger partial charge in [0.15, 0.2) is 0 Å². The Bertz CT molecular complexity index is 613. The van der Waals surface area contributed by atoms with Crippen LogP contribution >= 0.6 is 0 Å². The molecule has 1 fully saturated rings. The molecule has 0 N–H and O–H groups in total. The van der Waals surface area contributed by atoms with E-state index in [-0.39, 0.29) is 0 Å². The second-order valence-electron chi connectivity index (χ2n) is 6.40. The zero-order chi connectivity index (χ0) is 14.7. The minimum absolute atomic E-state index is 0.839. The summed E-state index contributed by atoms with van der Waals surface area (Å²) in [5.74, 6) is 0.839. The molecule has 0 spiro atoms. The van der Waals surface area contributed by atoms with E-state index in [0.717, 1.165) is 5.92 Å². The Kier molecular flexibility index (Phi) is 4.33. The third-order valence-corrected chi connectivity index (χ3v) is 4.76. The molecule has 0 saturated heterocycles. The summed E-state index contributed by atoms with van der Waals surface area (Å²) in [7, 11) is 2.11. The van der Waals surface area contributed by atoms with Gasteiger partial charge in [-0.1, -0.05) is 61.4 Å². The third kappa shape index (κ3) is 3.15. The molecule has 0 bridgehead atoms. The highest BCUT2D eigenvalue weighted by atomic mass is 15.0. The largest absolute Gasteiger partial charge is 0.286 e. The first-order valence-corrected chi connectivity index (χ1v) is 8.14. The molecule has 2 aromatic rings. The first-order chi connectivity index (χ1) is 10.3. The second-order valence-corrected chi connectivity index (χ2v) is 6.40. The monoisotopic (exact) mass is 281 g/mol. The van der Waals surface area contributed by atoms with Crippen LogP contribution in [0.1, 0.15) is 43.2 Å². The fourth-order valence-corrected chi connectivity index (χ4v) is 3.62. The molecule has 0 radical (unpaired) electrons. The van der Waals surface area contributed by atoms with Crippen molar-refractivity contribution in [3.05, 3.63) is 47.9 Å². The van der Waals surface area contributed by atoms with Gasteiger partial charge in [-0.15, -0.1) is 0 Å². The normalized spacial score (nSPS) is 16.1. The second kappa shape index (κ2) is 6.38. The molecule has 3 rings (SSSR count). The van der Waals surface area contributed by atoms with Gasteiger partial charge < -0.3 is 0 Å². The van der Waals surface area contributed by atoms with Crippen LogP contribution in [-0.2, 0) is 13.5 Å². The summed E-state index contributed by atoms with van der Waals surface area (Å²) in [6, 6.07) is 8.67. The molecule has 1 heterocycles. The number of benzene rings is 1. The molecule has 0 atom stereocenters. The van der Waals surface area contributed by atoms with Gasteiger partial charge in [0.2, 0.25) is 0 Å². The van der Waals surface area contributed by atoms with Crippen molar-refractivity contribution >= 4 is 0 Å². The van der Waals surface area contributed by atoms with Gasteiger partial charge in [0.25, 0.3) is 6.33 Å². The van der Waals surface area contributed by atoms with Crippen LogP contribution in [0, 0.1) is 12.8 Å². The summed E-state index contributed by atoms with van der Waals surface area (Å²) in [6.07, 6.45) is 12.2. The fourth-order valence-electron chi connectivity index (χ4n) is 3.62. The van der Waals surface area contributed by atoms with Gasteiger partial charge in [-0.3, -0.25) is 0 Å². The van der Waals surface area contributed by atoms with Crippen LogP contribution in [0.3, 0.4) is 0 Å². The van der Waals surface area contributed by atoms with Gasteiger partial charge in [0.05, 0.1) is 7.05 Å². The highest BCUT2D eigenvalue weighted by molar-refractivity contribution is 5.63. The van der Waals surface area contributed by atoms with E-state index in [1.165, 1.54) is 60.9 Å². The van der Waals surface area contributed by atoms with Crippen molar-refractivity contribution in [2.75, 3.05) is 0 Å². The summed E-state index contributed by atoms with van der Waals surface area (Å²) >= 11 is 0. The number of hydrogen-bond donors (Lipinski definition) is 0. The Morgan fingerprint density at radius 1 is 1.14 bits per heavy atom. The van der Waals surface area contributed by atoms with Crippen molar-refractivity contribution in [1.82, 2.24) is 4.98 Å². The molecule has 1 aromatic heterocycles. The molecule has 2 nitrogen and oxygen atoms in total. The van der Waals surface area contributed by atoms with Gasteiger partial charge in [0.1, 0.15) is 11.9 Å². The average Bonchev–Trinajstić information content (AvgIpc) is 2.50. The maximum atomic E-state index is 4.43. The van der Waals surface area contributed by atoms with Crippen LogP contribution in [-0.4, -0.2) is 4.98 Å². The van der Waals surface area contributed by atoms with Gasteiger partial charge in [0, 0.05) is 11.1 Å². The zero-order valence-corrected chi connectivity index (χ0v) is 13.2. The number of rotatable bonds is 3. The first-order valence-electron chi connectivity index (χ1n) is 8.14. The van der Waals surface area contributed by atoms with Crippen molar-refractivity contribution < 1.29 is 4.57 Å². The Hall–Kier alpha value is -1.70. The van der Waals surface area contributed by atoms with E-state index in [4.69, 9.17) is 0 Å². The molecule has 1 saturated carbocycles. The number of hydrogen-bond acceptors (Lipinski definition) is 1. The number of nitrogens with zero attached hydrogens (tertiary/aromatic N) is 2. The van der Waals surface area contributed by atoms with Gasteiger partial charge >= 0.3 is 0 Å². The molecular formula is C19H25N2+. The highest BCUT2D eigenvalue weighted by Crippen LogP contribution is 2.30. The van der Waals surface area contributed by atoms with E-state index in [1.54, 1.807) is 0 Å². The SMILES string of the molecule is Cc1ccccc1-c1c(CC2CCCCC2)cnc[n+]1C. The van der Waals surface area contributed by atoms with Crippen LogP contribution in [0.2, 0.25) is 0 Å². The van der Waals surface area contributed by atoms with E-state index in [9.17, 15) is 0 Å². The lowest BCUT2D eigenvalue weighted by Gasteiger charge is -2.22.